The number of hydrogen-bond acceptors (Lipinski definition) is 3. The van der Waals surface area contributed by atoms with Crippen LogP contribution in [0.2, 0.25) is 0 Å². The van der Waals surface area contributed by atoms with E-state index in [0.29, 0.717) is 19.3 Å². The zero-order valence-electron chi connectivity index (χ0n) is 8.95. The zero-order chi connectivity index (χ0) is 11.5. The van der Waals surface area contributed by atoms with Crippen molar-refractivity contribution in [3.8, 4) is 0 Å². The first kappa shape index (κ1) is 12.0. The summed E-state index contributed by atoms with van der Waals surface area (Å²) < 4.78 is 0. The number of carboxylic acids is 1. The van der Waals surface area contributed by atoms with Crippen molar-refractivity contribution in [1.82, 2.24) is 5.32 Å². The molecule has 15 heavy (non-hydrogen) atoms. The van der Waals surface area contributed by atoms with Gasteiger partial charge in [-0.1, -0.05) is 13.3 Å². The Hall–Kier alpha value is -1.10. The van der Waals surface area contributed by atoms with Gasteiger partial charge in [-0.15, -0.1) is 0 Å². The molecule has 1 aliphatic carbocycles. The highest BCUT2D eigenvalue weighted by Crippen LogP contribution is 2.40. The van der Waals surface area contributed by atoms with Crippen LogP contribution in [-0.2, 0) is 9.59 Å². The third kappa shape index (κ3) is 2.47. The van der Waals surface area contributed by atoms with Crippen molar-refractivity contribution < 1.29 is 14.7 Å². The minimum Gasteiger partial charge on any atom is -0.481 e. The first-order valence-electron chi connectivity index (χ1n) is 5.28. The van der Waals surface area contributed by atoms with Crippen molar-refractivity contribution in [1.29, 1.82) is 0 Å². The molecule has 0 aliphatic heterocycles. The maximum atomic E-state index is 11.4. The van der Waals surface area contributed by atoms with Gasteiger partial charge < -0.3 is 16.2 Å². The van der Waals surface area contributed by atoms with Gasteiger partial charge in [0.2, 0.25) is 5.91 Å². The van der Waals surface area contributed by atoms with Gasteiger partial charge in [-0.25, -0.2) is 0 Å². The predicted molar refractivity (Wildman–Crippen MR) is 55.2 cm³/mol. The quantitative estimate of drug-likeness (QED) is 0.605. The molecule has 0 bridgehead atoms. The summed E-state index contributed by atoms with van der Waals surface area (Å²) in [6, 6.07) is -0.532. The second-order valence-electron chi connectivity index (χ2n) is 4.17. The summed E-state index contributed by atoms with van der Waals surface area (Å²) in [6.07, 6.45) is 2.77. The molecule has 5 nitrogen and oxygen atoms in total. The molecule has 1 fully saturated rings. The highest BCUT2D eigenvalue weighted by molar-refractivity contribution is 5.83. The van der Waals surface area contributed by atoms with E-state index < -0.39 is 17.4 Å². The molecule has 1 saturated carbocycles. The van der Waals surface area contributed by atoms with E-state index in [1.54, 1.807) is 0 Å². The monoisotopic (exact) mass is 214 g/mol. The average molecular weight is 214 g/mol. The highest BCUT2D eigenvalue weighted by atomic mass is 16.4. The molecule has 0 heterocycles. The molecule has 0 radical (unpaired) electrons. The number of carboxylic acid groups (broad SMARTS) is 1. The van der Waals surface area contributed by atoms with E-state index in [4.69, 9.17) is 10.8 Å². The molecule has 0 aromatic heterocycles. The number of carbonyl (C=O) groups is 2. The van der Waals surface area contributed by atoms with Gasteiger partial charge >= 0.3 is 5.97 Å². The van der Waals surface area contributed by atoms with E-state index in [1.807, 2.05) is 6.92 Å². The number of aliphatic carboxylic acids is 1. The van der Waals surface area contributed by atoms with Gasteiger partial charge in [-0.3, -0.25) is 9.59 Å². The van der Waals surface area contributed by atoms with Crippen LogP contribution in [0, 0.1) is 5.41 Å². The van der Waals surface area contributed by atoms with E-state index in [9.17, 15) is 9.59 Å². The Morgan fingerprint density at radius 3 is 2.47 bits per heavy atom. The van der Waals surface area contributed by atoms with Gasteiger partial charge in [-0.05, 0) is 19.3 Å². The second-order valence-corrected chi connectivity index (χ2v) is 4.17. The Morgan fingerprint density at radius 1 is 1.53 bits per heavy atom. The smallest absolute Gasteiger partial charge is 0.311 e. The third-order valence-electron chi connectivity index (χ3n) is 3.14. The molecule has 1 amide bonds. The topological polar surface area (TPSA) is 92.4 Å². The molecule has 0 unspecified atom stereocenters. The van der Waals surface area contributed by atoms with Crippen LogP contribution in [0.25, 0.3) is 0 Å². The molecule has 0 saturated heterocycles. The molecule has 0 aromatic rings. The molecule has 1 aliphatic rings. The summed E-state index contributed by atoms with van der Waals surface area (Å²) in [7, 11) is 0. The summed E-state index contributed by atoms with van der Waals surface area (Å²) in [5, 5.41) is 11.6. The van der Waals surface area contributed by atoms with Crippen molar-refractivity contribution in [3.63, 3.8) is 0 Å². The fraction of sp³-hybridized carbons (Fsp3) is 0.800. The van der Waals surface area contributed by atoms with E-state index in [-0.39, 0.29) is 12.5 Å². The lowest BCUT2D eigenvalue weighted by molar-refractivity contribution is -0.154. The molecule has 0 spiro atoms. The van der Waals surface area contributed by atoms with Crippen LogP contribution < -0.4 is 11.1 Å². The maximum Gasteiger partial charge on any atom is 0.311 e. The van der Waals surface area contributed by atoms with Crippen LogP contribution in [-0.4, -0.2) is 29.6 Å². The molecule has 5 heteroatoms. The lowest BCUT2D eigenvalue weighted by atomic mass is 9.69. The van der Waals surface area contributed by atoms with Crippen molar-refractivity contribution >= 4 is 11.9 Å². The summed E-state index contributed by atoms with van der Waals surface area (Å²) in [4.78, 5) is 22.3. The lowest BCUT2D eigenvalue weighted by Crippen LogP contribution is -2.50. The fourth-order valence-corrected chi connectivity index (χ4v) is 1.64. The molecule has 1 rings (SSSR count). The van der Waals surface area contributed by atoms with Crippen molar-refractivity contribution in [3.05, 3.63) is 0 Å². The summed E-state index contributed by atoms with van der Waals surface area (Å²) in [6.45, 7) is 2.02. The first-order valence-corrected chi connectivity index (χ1v) is 5.28. The largest absolute Gasteiger partial charge is 0.481 e. The SMILES string of the molecule is CC[C@@H](N)C(=O)NCC1(C(=O)O)CCC1. The number of hydrogen-bond donors (Lipinski definition) is 3. The Balaban J connectivity index is 2.42. The van der Waals surface area contributed by atoms with Crippen LogP contribution in [0.1, 0.15) is 32.6 Å². The van der Waals surface area contributed by atoms with Crippen LogP contribution in [0.4, 0.5) is 0 Å². The average Bonchev–Trinajstić information content (AvgIpc) is 2.14. The maximum absolute atomic E-state index is 11.4. The van der Waals surface area contributed by atoms with Gasteiger partial charge in [-0.2, -0.15) is 0 Å². The van der Waals surface area contributed by atoms with Crippen molar-refractivity contribution in [2.75, 3.05) is 6.54 Å². The number of carbonyl (C=O) groups excluding carboxylic acids is 1. The van der Waals surface area contributed by atoms with Crippen molar-refractivity contribution in [2.24, 2.45) is 11.1 Å². The van der Waals surface area contributed by atoms with Crippen LogP contribution >= 0.6 is 0 Å². The number of nitrogens with two attached hydrogens (primary N) is 1. The van der Waals surface area contributed by atoms with Crippen LogP contribution in [0.15, 0.2) is 0 Å². The predicted octanol–water partition coefficient (Wildman–Crippen LogP) is 0.0948. The van der Waals surface area contributed by atoms with E-state index >= 15 is 0 Å². The second kappa shape index (κ2) is 4.61. The Bertz CT molecular complexity index is 261. The molecule has 4 N–H and O–H groups in total. The van der Waals surface area contributed by atoms with Gasteiger partial charge in [0.05, 0.1) is 11.5 Å². The fourth-order valence-electron chi connectivity index (χ4n) is 1.64. The number of rotatable bonds is 5. The standard InChI is InChI=1S/C10H18N2O3/c1-2-7(11)8(13)12-6-10(9(14)15)4-3-5-10/h7H,2-6,11H2,1H3,(H,12,13)(H,14,15)/t7-/m1/s1. The molecular formula is C10H18N2O3. The lowest BCUT2D eigenvalue weighted by Gasteiger charge is -2.37. The Kier molecular flexibility index (Phi) is 3.68. The van der Waals surface area contributed by atoms with Gasteiger partial charge in [0.25, 0.3) is 0 Å². The molecule has 1 atom stereocenters. The third-order valence-corrected chi connectivity index (χ3v) is 3.14. The van der Waals surface area contributed by atoms with Gasteiger partial charge in [0.1, 0.15) is 0 Å². The van der Waals surface area contributed by atoms with Crippen LogP contribution in [0.5, 0.6) is 0 Å². The van der Waals surface area contributed by atoms with E-state index in [0.717, 1.165) is 6.42 Å². The molecule has 0 aromatic carbocycles. The molecule has 86 valence electrons. The Morgan fingerprint density at radius 2 is 2.13 bits per heavy atom. The highest BCUT2D eigenvalue weighted by Gasteiger charge is 2.44. The normalized spacial score (nSPS) is 20.1. The number of nitrogens with one attached hydrogen (secondary N) is 1. The number of amides is 1. The van der Waals surface area contributed by atoms with Crippen LogP contribution in [0.3, 0.4) is 0 Å². The minimum absolute atomic E-state index is 0.203. The van der Waals surface area contributed by atoms with E-state index in [2.05, 4.69) is 5.32 Å². The van der Waals surface area contributed by atoms with Gasteiger partial charge in [0, 0.05) is 6.54 Å². The first-order chi connectivity index (χ1) is 7.02. The zero-order valence-corrected chi connectivity index (χ0v) is 8.95. The summed E-state index contributed by atoms with van der Waals surface area (Å²) in [5.74, 6) is -1.08. The summed E-state index contributed by atoms with van der Waals surface area (Å²) in [5.41, 5.74) is 4.79. The van der Waals surface area contributed by atoms with Gasteiger partial charge in [0.15, 0.2) is 0 Å². The Labute approximate surface area is 89.0 Å². The van der Waals surface area contributed by atoms with Crippen molar-refractivity contribution in [2.45, 2.75) is 38.6 Å². The molecular weight excluding hydrogens is 196 g/mol. The minimum atomic E-state index is -0.820. The van der Waals surface area contributed by atoms with E-state index in [1.165, 1.54) is 0 Å². The summed E-state index contributed by atoms with van der Waals surface area (Å²) >= 11 is 0.